The molecule has 0 radical (unpaired) electrons. The predicted molar refractivity (Wildman–Crippen MR) is 201 cm³/mol. The molecule has 3 heterocycles. The van der Waals surface area contributed by atoms with Crippen molar-refractivity contribution in [1.82, 2.24) is 9.61 Å². The van der Waals surface area contributed by atoms with E-state index < -0.39 is 0 Å². The van der Waals surface area contributed by atoms with Gasteiger partial charge in [-0.05, 0) is 88.1 Å². The van der Waals surface area contributed by atoms with Crippen LogP contribution in [0.1, 0.15) is 46.7 Å². The Morgan fingerprint density at radius 3 is 2.08 bits per heavy atom. The monoisotopic (exact) mass is 627 g/mol. The van der Waals surface area contributed by atoms with Crippen LogP contribution in [0.5, 0.6) is 0 Å². The largest absolute Gasteiger partial charge is 0.276 e. The van der Waals surface area contributed by atoms with Crippen LogP contribution in [-0.2, 0) is 6.42 Å². The van der Waals surface area contributed by atoms with Crippen molar-refractivity contribution in [3.05, 3.63) is 192 Å². The summed E-state index contributed by atoms with van der Waals surface area (Å²) in [5.41, 5.74) is 16.6. The van der Waals surface area contributed by atoms with Crippen molar-refractivity contribution in [3.63, 3.8) is 0 Å². The van der Waals surface area contributed by atoms with Gasteiger partial charge in [0, 0.05) is 16.7 Å². The number of fused-ring (bicyclic) bond motifs is 3. The maximum atomic E-state index is 5.20. The molecule has 0 bridgehead atoms. The topological polar surface area (TPSA) is 29.7 Å². The first-order valence-electron chi connectivity index (χ1n) is 17.0. The first kappa shape index (κ1) is 28.9. The molecular weight excluding hydrogens is 595 g/mol. The molecule has 7 aromatic rings. The number of dihydropyridines is 1. The predicted octanol–water partition coefficient (Wildman–Crippen LogP) is 10.9. The van der Waals surface area contributed by atoms with E-state index in [9.17, 15) is 0 Å². The zero-order valence-corrected chi connectivity index (χ0v) is 27.1. The summed E-state index contributed by atoms with van der Waals surface area (Å²) in [6, 6.07) is 53.2. The van der Waals surface area contributed by atoms with E-state index in [2.05, 4.69) is 156 Å². The van der Waals surface area contributed by atoms with Gasteiger partial charge in [0.25, 0.3) is 0 Å². The second kappa shape index (κ2) is 12.4. The first-order valence-corrected chi connectivity index (χ1v) is 17.0. The highest BCUT2D eigenvalue weighted by atomic mass is 15.2. The Morgan fingerprint density at radius 1 is 0.673 bits per heavy atom. The molecule has 3 nitrogen and oxygen atoms in total. The maximum absolute atomic E-state index is 5.20. The van der Waals surface area contributed by atoms with E-state index in [1.807, 2.05) is 18.3 Å². The Labute approximate surface area is 287 Å². The summed E-state index contributed by atoms with van der Waals surface area (Å²) < 4.78 is 2.20. The highest BCUT2D eigenvalue weighted by molar-refractivity contribution is 6.13. The van der Waals surface area contributed by atoms with E-state index >= 15 is 0 Å². The number of aryl methyl sites for hydroxylation is 1. The summed E-state index contributed by atoms with van der Waals surface area (Å²) in [7, 11) is 0. The number of rotatable bonds is 6. The van der Waals surface area contributed by atoms with E-state index in [0.717, 1.165) is 47.4 Å². The highest BCUT2D eigenvalue weighted by Gasteiger charge is 2.26. The van der Waals surface area contributed by atoms with Crippen LogP contribution in [0.2, 0.25) is 0 Å². The van der Waals surface area contributed by atoms with Crippen molar-refractivity contribution < 1.29 is 0 Å². The molecule has 9 rings (SSSR count). The maximum Gasteiger partial charge on any atom is 0.0809 e. The lowest BCUT2D eigenvalue weighted by molar-refractivity contribution is 0.748. The van der Waals surface area contributed by atoms with Gasteiger partial charge in [-0.3, -0.25) is 4.99 Å². The highest BCUT2D eigenvalue weighted by Crippen LogP contribution is 2.44. The lowest BCUT2D eigenvalue weighted by Gasteiger charge is -2.24. The molecule has 5 aromatic carbocycles. The van der Waals surface area contributed by atoms with Crippen molar-refractivity contribution in [2.45, 2.75) is 25.3 Å². The van der Waals surface area contributed by atoms with Crippen LogP contribution in [0.15, 0.2) is 157 Å². The summed E-state index contributed by atoms with van der Waals surface area (Å²) in [6.45, 7) is 0. The minimum Gasteiger partial charge on any atom is -0.276 e. The zero-order valence-electron chi connectivity index (χ0n) is 27.1. The van der Waals surface area contributed by atoms with Crippen LogP contribution in [-0.4, -0.2) is 15.3 Å². The van der Waals surface area contributed by atoms with Crippen LogP contribution in [0.3, 0.4) is 0 Å². The van der Waals surface area contributed by atoms with Gasteiger partial charge < -0.3 is 0 Å². The van der Waals surface area contributed by atoms with Gasteiger partial charge in [-0.2, -0.15) is 5.10 Å². The van der Waals surface area contributed by atoms with E-state index in [1.54, 1.807) is 0 Å². The molecule has 0 saturated heterocycles. The second-order valence-corrected chi connectivity index (χ2v) is 12.7. The van der Waals surface area contributed by atoms with Gasteiger partial charge in [-0.25, -0.2) is 4.52 Å². The number of allylic oxidation sites excluding steroid dienone is 2. The Balaban J connectivity index is 1.20. The Hall–Kier alpha value is -6.24. The Bertz CT molecular complexity index is 2360. The fourth-order valence-electron chi connectivity index (χ4n) is 7.43. The molecule has 49 heavy (non-hydrogen) atoms. The third-order valence-corrected chi connectivity index (χ3v) is 9.77. The van der Waals surface area contributed by atoms with Gasteiger partial charge in [0.15, 0.2) is 0 Å². The van der Waals surface area contributed by atoms with Crippen molar-refractivity contribution in [1.29, 1.82) is 0 Å². The lowest BCUT2D eigenvalue weighted by atomic mass is 9.85. The summed E-state index contributed by atoms with van der Waals surface area (Å²) >= 11 is 0. The number of aliphatic imine (C=N–C) groups is 1. The van der Waals surface area contributed by atoms with E-state index in [1.165, 1.54) is 50.0 Å². The Kier molecular flexibility index (Phi) is 7.33. The smallest absolute Gasteiger partial charge is 0.0809 e. The summed E-state index contributed by atoms with van der Waals surface area (Å²) in [5, 5.41) is 5.10. The minimum atomic E-state index is 0.0172. The molecule has 1 aliphatic heterocycles. The van der Waals surface area contributed by atoms with Gasteiger partial charge in [0.05, 0.1) is 29.2 Å². The molecule has 0 spiro atoms. The average molecular weight is 628 g/mol. The molecule has 1 unspecified atom stereocenters. The van der Waals surface area contributed by atoms with Crippen molar-refractivity contribution in [2.75, 3.05) is 0 Å². The van der Waals surface area contributed by atoms with E-state index in [-0.39, 0.29) is 6.04 Å². The van der Waals surface area contributed by atoms with Crippen LogP contribution in [0.4, 0.5) is 0 Å². The standard InChI is InChI=1S/C46H33N3/c1-5-15-33(16-6-1)41-31-47-49-45(37-21-11-4-12-22-37)44(39-23-13-14-24-40(39)46(41)49)36-27-25-32(26-28-36)38-29-42(34-17-7-2-8-18-34)48-43(30-38)35-19-9-3-10-20-35/h1-2,4-9,11-13,15-23,25-29,31,43H,14,24,30H2. The van der Waals surface area contributed by atoms with Gasteiger partial charge >= 0.3 is 0 Å². The van der Waals surface area contributed by atoms with E-state index in [0.29, 0.717) is 0 Å². The molecule has 0 amide bonds. The third-order valence-electron chi connectivity index (χ3n) is 9.77. The molecule has 2 aliphatic rings. The summed E-state index contributed by atoms with van der Waals surface area (Å²) in [4.78, 5) is 5.20. The third kappa shape index (κ3) is 5.29. The van der Waals surface area contributed by atoms with Crippen LogP contribution in [0.25, 0.3) is 50.7 Å². The average Bonchev–Trinajstić information content (AvgIpc) is 3.64. The molecular formula is C46H33N3. The van der Waals surface area contributed by atoms with Crippen LogP contribution in [0, 0.1) is 12.1 Å². The SMILES string of the molecule is c1ccc(C2CC(c3ccc(-c4c5c(c6c(-c7ccccc7)cnn6c4-c4ccccc4)CCC=C5)cc3)=CC(c3ccccc3)=N2)cc#1. The number of hydrogen-bond acceptors (Lipinski definition) is 2. The first-order chi connectivity index (χ1) is 24.3. The number of benzene rings is 4. The number of hydrogen-bond donors (Lipinski definition) is 0. The Morgan fingerprint density at radius 2 is 1.37 bits per heavy atom. The molecule has 2 aromatic heterocycles. The second-order valence-electron chi connectivity index (χ2n) is 12.7. The summed E-state index contributed by atoms with van der Waals surface area (Å²) in [6.07, 6.45) is 11.8. The normalized spacial score (nSPS) is 15.3. The molecule has 3 heteroatoms. The lowest BCUT2D eigenvalue weighted by Crippen LogP contribution is -2.10. The minimum absolute atomic E-state index is 0.0172. The molecule has 1 aliphatic carbocycles. The van der Waals surface area contributed by atoms with Crippen molar-refractivity contribution in [2.24, 2.45) is 4.99 Å². The van der Waals surface area contributed by atoms with Crippen molar-refractivity contribution >= 4 is 22.9 Å². The summed E-state index contributed by atoms with van der Waals surface area (Å²) in [5.74, 6) is 0. The molecule has 232 valence electrons. The van der Waals surface area contributed by atoms with Gasteiger partial charge in [0.1, 0.15) is 0 Å². The number of pyridine rings is 1. The number of aromatic nitrogens is 2. The van der Waals surface area contributed by atoms with Gasteiger partial charge in [-0.15, -0.1) is 0 Å². The molecule has 0 fully saturated rings. The molecule has 0 N–H and O–H groups in total. The van der Waals surface area contributed by atoms with Gasteiger partial charge in [0.2, 0.25) is 0 Å². The van der Waals surface area contributed by atoms with Crippen LogP contribution >= 0.6 is 0 Å². The van der Waals surface area contributed by atoms with E-state index in [4.69, 9.17) is 10.1 Å². The van der Waals surface area contributed by atoms with Crippen molar-refractivity contribution in [3.8, 4) is 33.5 Å². The fourth-order valence-corrected chi connectivity index (χ4v) is 7.43. The zero-order chi connectivity index (χ0) is 32.6. The molecule has 1 atom stereocenters. The number of nitrogens with zero attached hydrogens (tertiary/aromatic N) is 3. The molecule has 0 saturated carbocycles. The van der Waals surface area contributed by atoms with Gasteiger partial charge in [-0.1, -0.05) is 140 Å². The quantitative estimate of drug-likeness (QED) is 0.180. The van der Waals surface area contributed by atoms with Crippen LogP contribution < -0.4 is 0 Å². The fraction of sp³-hybridized carbons (Fsp3) is 0.0870.